The van der Waals surface area contributed by atoms with Crippen molar-refractivity contribution in [2.75, 3.05) is 20.3 Å². The zero-order valence-electron chi connectivity index (χ0n) is 10.4. The summed E-state index contributed by atoms with van der Waals surface area (Å²) in [6, 6.07) is 0.334. The Morgan fingerprint density at radius 1 is 1.56 bits per heavy atom. The van der Waals surface area contributed by atoms with E-state index in [1.54, 1.807) is 7.11 Å². The second-order valence-corrected chi connectivity index (χ2v) is 4.68. The molecule has 0 aliphatic heterocycles. The van der Waals surface area contributed by atoms with E-state index < -0.39 is 0 Å². The van der Waals surface area contributed by atoms with Gasteiger partial charge in [0.2, 0.25) is 0 Å². The molecule has 0 fully saturated rings. The van der Waals surface area contributed by atoms with E-state index in [0.717, 1.165) is 23.1 Å². The molecule has 92 valence electrons. The Kier molecular flexibility index (Phi) is 5.44. The van der Waals surface area contributed by atoms with Crippen LogP contribution in [0, 0.1) is 6.92 Å². The molecule has 16 heavy (non-hydrogen) atoms. The van der Waals surface area contributed by atoms with Crippen molar-refractivity contribution in [3.8, 4) is 0 Å². The molecular weight excluding hydrogens is 270 g/mol. The highest BCUT2D eigenvalue weighted by atomic mass is 79.9. The van der Waals surface area contributed by atoms with Gasteiger partial charge >= 0.3 is 0 Å². The number of halogens is 1. The van der Waals surface area contributed by atoms with E-state index in [-0.39, 0.29) is 0 Å². The molecule has 1 aromatic heterocycles. The molecule has 0 aliphatic rings. The van der Waals surface area contributed by atoms with Crippen LogP contribution in [0.25, 0.3) is 0 Å². The van der Waals surface area contributed by atoms with Gasteiger partial charge in [0.25, 0.3) is 0 Å². The van der Waals surface area contributed by atoms with Gasteiger partial charge in [-0.2, -0.15) is 5.10 Å². The van der Waals surface area contributed by atoms with Crippen LogP contribution in [0.2, 0.25) is 0 Å². The Hall–Kier alpha value is -0.390. The first-order valence-corrected chi connectivity index (χ1v) is 6.29. The quantitative estimate of drug-likeness (QED) is 0.866. The van der Waals surface area contributed by atoms with E-state index >= 15 is 0 Å². The van der Waals surface area contributed by atoms with Crippen molar-refractivity contribution in [3.63, 3.8) is 0 Å². The standard InChI is InChI=1S/C11H20BrN3O/c1-5-13-9(7-16-4)6-10-11(12)8(2)14-15(10)3/h9,13H,5-7H2,1-4H3. The average Bonchev–Trinajstić information content (AvgIpc) is 2.46. The zero-order valence-corrected chi connectivity index (χ0v) is 12.0. The number of hydrogen-bond acceptors (Lipinski definition) is 3. The summed E-state index contributed by atoms with van der Waals surface area (Å²) in [5.41, 5.74) is 2.24. The number of aryl methyl sites for hydroxylation is 2. The molecule has 1 atom stereocenters. The van der Waals surface area contributed by atoms with Crippen LogP contribution in [0.1, 0.15) is 18.3 Å². The Bertz CT molecular complexity index is 332. The van der Waals surface area contributed by atoms with Gasteiger partial charge in [-0.1, -0.05) is 6.92 Å². The Morgan fingerprint density at radius 2 is 2.25 bits per heavy atom. The van der Waals surface area contributed by atoms with Crippen LogP contribution in [0.3, 0.4) is 0 Å². The van der Waals surface area contributed by atoms with Crippen LogP contribution in [0.5, 0.6) is 0 Å². The third-order valence-electron chi connectivity index (χ3n) is 2.56. The molecule has 1 aromatic rings. The summed E-state index contributed by atoms with van der Waals surface area (Å²) in [6.07, 6.45) is 0.916. The number of aromatic nitrogens is 2. The van der Waals surface area contributed by atoms with Crippen molar-refractivity contribution < 1.29 is 4.74 Å². The van der Waals surface area contributed by atoms with Gasteiger partial charge in [0.05, 0.1) is 22.5 Å². The smallest absolute Gasteiger partial charge is 0.0738 e. The maximum Gasteiger partial charge on any atom is 0.0738 e. The number of nitrogens with zero attached hydrogens (tertiary/aromatic N) is 2. The minimum atomic E-state index is 0.334. The molecule has 1 unspecified atom stereocenters. The first-order chi connectivity index (χ1) is 7.60. The van der Waals surface area contributed by atoms with Crippen LogP contribution < -0.4 is 5.32 Å². The fraction of sp³-hybridized carbons (Fsp3) is 0.727. The van der Waals surface area contributed by atoms with E-state index in [1.165, 1.54) is 5.69 Å². The highest BCUT2D eigenvalue weighted by Gasteiger charge is 2.15. The highest BCUT2D eigenvalue weighted by molar-refractivity contribution is 9.10. The lowest BCUT2D eigenvalue weighted by molar-refractivity contribution is 0.166. The number of rotatable bonds is 6. The van der Waals surface area contributed by atoms with Gasteiger partial charge in [0.15, 0.2) is 0 Å². The van der Waals surface area contributed by atoms with E-state index in [1.807, 2.05) is 18.7 Å². The first kappa shape index (κ1) is 13.7. The van der Waals surface area contributed by atoms with Gasteiger partial charge in [0, 0.05) is 26.6 Å². The van der Waals surface area contributed by atoms with Gasteiger partial charge in [-0.25, -0.2) is 0 Å². The SMILES string of the molecule is CCNC(COC)Cc1c(Br)c(C)nn1C. The summed E-state index contributed by atoms with van der Waals surface area (Å²) < 4.78 is 8.24. The first-order valence-electron chi connectivity index (χ1n) is 5.50. The van der Waals surface area contributed by atoms with Gasteiger partial charge in [0.1, 0.15) is 0 Å². The summed E-state index contributed by atoms with van der Waals surface area (Å²) >= 11 is 3.58. The molecule has 0 radical (unpaired) electrons. The normalized spacial score (nSPS) is 13.1. The average molecular weight is 290 g/mol. The minimum absolute atomic E-state index is 0.334. The summed E-state index contributed by atoms with van der Waals surface area (Å²) in [5, 5.41) is 7.79. The maximum atomic E-state index is 5.21. The predicted molar refractivity (Wildman–Crippen MR) is 68.7 cm³/mol. The topological polar surface area (TPSA) is 39.1 Å². The van der Waals surface area contributed by atoms with Crippen LogP contribution in [0.4, 0.5) is 0 Å². The van der Waals surface area contributed by atoms with Crippen LogP contribution in [-0.4, -0.2) is 36.1 Å². The Balaban J connectivity index is 2.76. The van der Waals surface area contributed by atoms with Gasteiger partial charge < -0.3 is 10.1 Å². The maximum absolute atomic E-state index is 5.21. The van der Waals surface area contributed by atoms with E-state index in [9.17, 15) is 0 Å². The molecule has 4 nitrogen and oxygen atoms in total. The Morgan fingerprint density at radius 3 is 2.69 bits per heavy atom. The van der Waals surface area contributed by atoms with E-state index in [0.29, 0.717) is 12.6 Å². The van der Waals surface area contributed by atoms with Crippen molar-refractivity contribution in [2.24, 2.45) is 7.05 Å². The monoisotopic (exact) mass is 289 g/mol. The lowest BCUT2D eigenvalue weighted by Crippen LogP contribution is -2.35. The molecule has 0 saturated heterocycles. The lowest BCUT2D eigenvalue weighted by Gasteiger charge is -2.17. The van der Waals surface area contributed by atoms with Gasteiger partial charge in [-0.15, -0.1) is 0 Å². The molecule has 1 heterocycles. The predicted octanol–water partition coefficient (Wildman–Crippen LogP) is 1.66. The van der Waals surface area contributed by atoms with Crippen LogP contribution in [0.15, 0.2) is 4.47 Å². The molecule has 0 aliphatic carbocycles. The van der Waals surface area contributed by atoms with Crippen molar-refractivity contribution in [3.05, 3.63) is 15.9 Å². The summed E-state index contributed by atoms with van der Waals surface area (Å²) in [5.74, 6) is 0. The van der Waals surface area contributed by atoms with Crippen molar-refractivity contribution in [2.45, 2.75) is 26.3 Å². The minimum Gasteiger partial charge on any atom is -0.383 e. The highest BCUT2D eigenvalue weighted by Crippen LogP contribution is 2.21. The van der Waals surface area contributed by atoms with Gasteiger partial charge in [-0.3, -0.25) is 4.68 Å². The fourth-order valence-corrected chi connectivity index (χ4v) is 2.31. The molecule has 0 saturated carbocycles. The second-order valence-electron chi connectivity index (χ2n) is 3.88. The zero-order chi connectivity index (χ0) is 12.1. The molecule has 0 spiro atoms. The van der Waals surface area contributed by atoms with Crippen LogP contribution in [-0.2, 0) is 18.2 Å². The number of hydrogen-bond donors (Lipinski definition) is 1. The third-order valence-corrected chi connectivity index (χ3v) is 3.59. The molecule has 0 amide bonds. The van der Waals surface area contributed by atoms with Crippen molar-refractivity contribution in [1.29, 1.82) is 0 Å². The van der Waals surface area contributed by atoms with E-state index in [4.69, 9.17) is 4.74 Å². The molecule has 1 rings (SSSR count). The van der Waals surface area contributed by atoms with Gasteiger partial charge in [-0.05, 0) is 29.4 Å². The number of nitrogens with one attached hydrogen (secondary N) is 1. The number of likely N-dealkylation sites (N-methyl/N-ethyl adjacent to an activating group) is 1. The second kappa shape index (κ2) is 6.37. The fourth-order valence-electron chi connectivity index (χ4n) is 1.82. The lowest BCUT2D eigenvalue weighted by atomic mass is 10.1. The summed E-state index contributed by atoms with van der Waals surface area (Å²) in [6.45, 7) is 5.77. The molecule has 0 bridgehead atoms. The largest absolute Gasteiger partial charge is 0.383 e. The third kappa shape index (κ3) is 3.30. The Labute approximate surface area is 105 Å². The number of ether oxygens (including phenoxy) is 1. The molecule has 5 heteroatoms. The number of methoxy groups -OCH3 is 1. The summed E-state index contributed by atoms with van der Waals surface area (Å²) in [4.78, 5) is 0. The van der Waals surface area contributed by atoms with E-state index in [2.05, 4.69) is 33.3 Å². The van der Waals surface area contributed by atoms with Crippen molar-refractivity contribution in [1.82, 2.24) is 15.1 Å². The van der Waals surface area contributed by atoms with Crippen molar-refractivity contribution >= 4 is 15.9 Å². The molecular formula is C11H20BrN3O. The molecule has 0 aromatic carbocycles. The summed E-state index contributed by atoms with van der Waals surface area (Å²) in [7, 11) is 3.71. The molecule has 1 N–H and O–H groups in total. The van der Waals surface area contributed by atoms with Crippen LogP contribution >= 0.6 is 15.9 Å².